The van der Waals surface area contributed by atoms with Gasteiger partial charge < -0.3 is 25.5 Å². The molecule has 0 radical (unpaired) electrons. The summed E-state index contributed by atoms with van der Waals surface area (Å²) in [6.45, 7) is 3.56. The van der Waals surface area contributed by atoms with Gasteiger partial charge in [0.05, 0.1) is 5.69 Å². The molecule has 2 aromatic heterocycles. The third-order valence-electron chi connectivity index (χ3n) is 4.99. The van der Waals surface area contributed by atoms with Crippen molar-refractivity contribution >= 4 is 16.9 Å². The van der Waals surface area contributed by atoms with E-state index in [1.54, 1.807) is 6.92 Å². The van der Waals surface area contributed by atoms with E-state index in [1.165, 1.54) is 11.3 Å². The van der Waals surface area contributed by atoms with Crippen molar-refractivity contribution in [2.24, 2.45) is 0 Å². The van der Waals surface area contributed by atoms with Gasteiger partial charge in [0.25, 0.3) is 5.56 Å². The zero-order valence-electron chi connectivity index (χ0n) is 14.3. The molecule has 26 heavy (non-hydrogen) atoms. The molecule has 0 saturated carbocycles. The fourth-order valence-corrected chi connectivity index (χ4v) is 3.73. The van der Waals surface area contributed by atoms with Crippen molar-refractivity contribution in [2.75, 3.05) is 6.54 Å². The van der Waals surface area contributed by atoms with Gasteiger partial charge in [-0.05, 0) is 18.1 Å². The number of aromatic nitrogens is 2. The Kier molecular flexibility index (Phi) is 3.81. The van der Waals surface area contributed by atoms with Gasteiger partial charge in [0.15, 0.2) is 5.56 Å². The van der Waals surface area contributed by atoms with Gasteiger partial charge in [0.2, 0.25) is 0 Å². The predicted molar refractivity (Wildman–Crippen MR) is 97.8 cm³/mol. The number of fused-ring (bicyclic) bond motifs is 3. The Morgan fingerprint density at radius 2 is 2.08 bits per heavy atom. The van der Waals surface area contributed by atoms with Gasteiger partial charge in [-0.2, -0.15) is 0 Å². The highest BCUT2D eigenvalue weighted by Crippen LogP contribution is 2.33. The second kappa shape index (κ2) is 6.03. The smallest absolute Gasteiger partial charge is 0.345 e. The number of aromatic carboxylic acids is 1. The molecule has 0 amide bonds. The number of nitrogens with one attached hydrogen (secondary N) is 3. The minimum absolute atomic E-state index is 0.390. The van der Waals surface area contributed by atoms with E-state index in [4.69, 9.17) is 0 Å². The summed E-state index contributed by atoms with van der Waals surface area (Å²) in [4.78, 5) is 29.5. The molecule has 134 valence electrons. The number of aromatic amines is 2. The minimum Gasteiger partial charge on any atom is -0.506 e. The van der Waals surface area contributed by atoms with Crippen molar-refractivity contribution in [3.63, 3.8) is 0 Å². The molecule has 0 atom stereocenters. The molecule has 1 aliphatic heterocycles. The maximum Gasteiger partial charge on any atom is 0.345 e. The number of carbonyl (C=O) groups is 1. The average Bonchev–Trinajstić information content (AvgIpc) is 2.98. The lowest BCUT2D eigenvalue weighted by Gasteiger charge is -2.13. The highest BCUT2D eigenvalue weighted by molar-refractivity contribution is 5.93. The fourth-order valence-electron chi connectivity index (χ4n) is 3.73. The number of hydrogen-bond acceptors (Lipinski definition) is 4. The lowest BCUT2D eigenvalue weighted by Crippen LogP contribution is -2.22. The van der Waals surface area contributed by atoms with Crippen LogP contribution in [0.15, 0.2) is 23.0 Å². The minimum atomic E-state index is -1.44. The summed E-state index contributed by atoms with van der Waals surface area (Å²) in [6.07, 6.45) is 1.33. The molecule has 5 N–H and O–H groups in total. The summed E-state index contributed by atoms with van der Waals surface area (Å²) in [5.41, 5.74) is 3.60. The zero-order chi connectivity index (χ0) is 18.4. The summed E-state index contributed by atoms with van der Waals surface area (Å²) in [6, 6.07) is 5.81. The van der Waals surface area contributed by atoms with E-state index < -0.39 is 22.8 Å². The van der Waals surface area contributed by atoms with Crippen LogP contribution in [0.2, 0.25) is 0 Å². The van der Waals surface area contributed by atoms with Crippen LogP contribution in [0.3, 0.4) is 0 Å². The first-order valence-corrected chi connectivity index (χ1v) is 8.57. The van der Waals surface area contributed by atoms with Gasteiger partial charge in [-0.25, -0.2) is 4.79 Å². The maximum absolute atomic E-state index is 12.2. The van der Waals surface area contributed by atoms with Gasteiger partial charge in [-0.15, -0.1) is 0 Å². The Morgan fingerprint density at radius 1 is 1.27 bits per heavy atom. The van der Waals surface area contributed by atoms with Crippen molar-refractivity contribution in [1.29, 1.82) is 0 Å². The number of benzene rings is 1. The maximum atomic E-state index is 12.2. The third kappa shape index (κ3) is 2.40. The molecule has 0 unspecified atom stereocenters. The van der Waals surface area contributed by atoms with Crippen LogP contribution in [-0.2, 0) is 19.4 Å². The first-order valence-electron chi connectivity index (χ1n) is 8.57. The quantitative estimate of drug-likeness (QED) is 0.494. The van der Waals surface area contributed by atoms with Crippen LogP contribution in [0.5, 0.6) is 5.75 Å². The number of rotatable bonds is 3. The molecule has 7 nitrogen and oxygen atoms in total. The second-order valence-electron chi connectivity index (χ2n) is 6.46. The summed E-state index contributed by atoms with van der Waals surface area (Å²) >= 11 is 0. The summed E-state index contributed by atoms with van der Waals surface area (Å²) in [7, 11) is 0. The number of carboxylic acid groups (broad SMARTS) is 1. The molecule has 0 spiro atoms. The second-order valence-corrected chi connectivity index (χ2v) is 6.46. The SMILES string of the molecule is CCc1c(-c2ccc3c4c([nH]c3c2)CCNC4)[nH]c(=O)c(C(=O)O)c1O. The topological polar surface area (TPSA) is 118 Å². The van der Waals surface area contributed by atoms with Crippen molar-refractivity contribution in [3.8, 4) is 17.0 Å². The zero-order valence-corrected chi connectivity index (χ0v) is 14.3. The first-order chi connectivity index (χ1) is 12.5. The van der Waals surface area contributed by atoms with Gasteiger partial charge in [0.1, 0.15) is 5.75 Å². The van der Waals surface area contributed by atoms with Gasteiger partial charge in [0, 0.05) is 47.2 Å². The molecule has 1 aromatic carbocycles. The van der Waals surface area contributed by atoms with E-state index in [0.717, 1.165) is 36.0 Å². The van der Waals surface area contributed by atoms with E-state index in [1.807, 2.05) is 18.2 Å². The largest absolute Gasteiger partial charge is 0.506 e. The highest BCUT2D eigenvalue weighted by Gasteiger charge is 2.22. The van der Waals surface area contributed by atoms with Crippen LogP contribution < -0.4 is 10.9 Å². The molecule has 3 heterocycles. The van der Waals surface area contributed by atoms with Crippen molar-refractivity contribution in [1.82, 2.24) is 15.3 Å². The van der Waals surface area contributed by atoms with Crippen LogP contribution in [0.1, 0.15) is 34.1 Å². The standard InChI is InChI=1S/C19H19N3O4/c1-2-10-16(22-18(24)15(17(10)23)19(25)26)9-3-4-11-12-8-20-6-5-13(12)21-14(11)7-9/h3-4,7,20-21H,2,5-6,8H2,1H3,(H,25,26)(H2,22,23,24). The summed E-state index contributed by atoms with van der Waals surface area (Å²) in [5, 5.41) is 24.0. The van der Waals surface area contributed by atoms with Crippen LogP contribution in [-0.4, -0.2) is 32.7 Å². The molecule has 1 aliphatic rings. The third-order valence-corrected chi connectivity index (χ3v) is 4.99. The predicted octanol–water partition coefficient (Wildman–Crippen LogP) is 2.14. The first kappa shape index (κ1) is 16.4. The molecule has 3 aromatic rings. The van der Waals surface area contributed by atoms with Crippen molar-refractivity contribution < 1.29 is 15.0 Å². The van der Waals surface area contributed by atoms with E-state index in [2.05, 4.69) is 15.3 Å². The van der Waals surface area contributed by atoms with E-state index in [9.17, 15) is 19.8 Å². The fraction of sp³-hybridized carbons (Fsp3) is 0.263. The Balaban J connectivity index is 1.92. The average molecular weight is 353 g/mol. The number of pyridine rings is 1. The van der Waals surface area contributed by atoms with E-state index in [0.29, 0.717) is 17.7 Å². The molecule has 7 heteroatoms. The number of hydrogen-bond donors (Lipinski definition) is 5. The van der Waals surface area contributed by atoms with Gasteiger partial charge in [-0.1, -0.05) is 19.1 Å². The molecule has 0 aliphatic carbocycles. The lowest BCUT2D eigenvalue weighted by atomic mass is 9.99. The lowest BCUT2D eigenvalue weighted by molar-refractivity contribution is 0.0691. The van der Waals surface area contributed by atoms with Crippen LogP contribution in [0.25, 0.3) is 22.2 Å². The van der Waals surface area contributed by atoms with Crippen LogP contribution >= 0.6 is 0 Å². The van der Waals surface area contributed by atoms with Crippen LogP contribution in [0.4, 0.5) is 0 Å². The molecule has 0 fully saturated rings. The Morgan fingerprint density at radius 3 is 2.81 bits per heavy atom. The Hall–Kier alpha value is -3.06. The Labute approximate surface area is 148 Å². The molecular weight excluding hydrogens is 334 g/mol. The van der Waals surface area contributed by atoms with Crippen molar-refractivity contribution in [2.45, 2.75) is 26.3 Å². The molecule has 4 rings (SSSR count). The highest BCUT2D eigenvalue weighted by atomic mass is 16.4. The van der Waals surface area contributed by atoms with Gasteiger partial charge >= 0.3 is 5.97 Å². The van der Waals surface area contributed by atoms with E-state index in [-0.39, 0.29) is 0 Å². The Bertz CT molecular complexity index is 1090. The number of H-pyrrole nitrogens is 2. The number of carboxylic acids is 1. The van der Waals surface area contributed by atoms with Crippen molar-refractivity contribution in [3.05, 3.63) is 50.9 Å². The molecular formula is C19H19N3O4. The van der Waals surface area contributed by atoms with Crippen LogP contribution in [0, 0.1) is 0 Å². The van der Waals surface area contributed by atoms with E-state index >= 15 is 0 Å². The normalized spacial score (nSPS) is 13.7. The number of aromatic hydroxyl groups is 1. The summed E-state index contributed by atoms with van der Waals surface area (Å²) < 4.78 is 0. The molecule has 0 saturated heterocycles. The molecule has 0 bridgehead atoms. The monoisotopic (exact) mass is 353 g/mol. The van der Waals surface area contributed by atoms with Gasteiger partial charge in [-0.3, -0.25) is 4.79 Å². The summed E-state index contributed by atoms with van der Waals surface area (Å²) in [5.74, 6) is -1.90.